The summed E-state index contributed by atoms with van der Waals surface area (Å²) in [6, 6.07) is 6.41. The van der Waals surface area contributed by atoms with Crippen LogP contribution in [-0.2, 0) is 0 Å². The highest BCUT2D eigenvalue weighted by molar-refractivity contribution is 5.64. The van der Waals surface area contributed by atoms with Crippen molar-refractivity contribution in [1.29, 1.82) is 0 Å². The first-order valence-electron chi connectivity index (χ1n) is 6.51. The molecule has 3 rings (SSSR count). The van der Waals surface area contributed by atoms with Crippen LogP contribution in [0, 0.1) is 5.92 Å². The van der Waals surface area contributed by atoms with Crippen molar-refractivity contribution in [2.75, 3.05) is 32.1 Å². The van der Waals surface area contributed by atoms with E-state index in [1.54, 1.807) is 7.11 Å². The van der Waals surface area contributed by atoms with Gasteiger partial charge in [-0.1, -0.05) is 12.1 Å². The summed E-state index contributed by atoms with van der Waals surface area (Å²) in [5, 5.41) is 6.97. The predicted octanol–water partition coefficient (Wildman–Crippen LogP) is 2.20. The smallest absolute Gasteiger partial charge is 0.142 e. The molecule has 3 nitrogen and oxygen atoms in total. The van der Waals surface area contributed by atoms with Crippen molar-refractivity contribution < 1.29 is 4.74 Å². The lowest BCUT2D eigenvalue weighted by molar-refractivity contribution is 0.405. The van der Waals surface area contributed by atoms with Gasteiger partial charge in [-0.15, -0.1) is 0 Å². The van der Waals surface area contributed by atoms with Gasteiger partial charge in [0.2, 0.25) is 0 Å². The third-order valence-corrected chi connectivity index (χ3v) is 4.10. The van der Waals surface area contributed by atoms with Crippen molar-refractivity contribution in [2.24, 2.45) is 5.92 Å². The van der Waals surface area contributed by atoms with Crippen LogP contribution in [0.2, 0.25) is 0 Å². The summed E-state index contributed by atoms with van der Waals surface area (Å²) in [7, 11) is 1.75. The van der Waals surface area contributed by atoms with Crippen LogP contribution in [0.3, 0.4) is 0 Å². The lowest BCUT2D eigenvalue weighted by Crippen LogP contribution is -2.24. The van der Waals surface area contributed by atoms with E-state index in [9.17, 15) is 0 Å². The van der Waals surface area contributed by atoms with Gasteiger partial charge >= 0.3 is 0 Å². The second kappa shape index (κ2) is 4.57. The molecule has 2 atom stereocenters. The molecule has 2 unspecified atom stereocenters. The first-order valence-corrected chi connectivity index (χ1v) is 6.51. The van der Waals surface area contributed by atoms with Crippen LogP contribution in [0.25, 0.3) is 0 Å². The van der Waals surface area contributed by atoms with E-state index in [0.29, 0.717) is 5.92 Å². The highest BCUT2D eigenvalue weighted by Gasteiger charge is 2.30. The summed E-state index contributed by atoms with van der Waals surface area (Å²) in [5.41, 5.74) is 2.67. The molecule has 17 heavy (non-hydrogen) atoms. The molecule has 2 aliphatic heterocycles. The van der Waals surface area contributed by atoms with Crippen molar-refractivity contribution in [1.82, 2.24) is 5.32 Å². The molecule has 2 heterocycles. The highest BCUT2D eigenvalue weighted by atomic mass is 16.5. The Morgan fingerprint density at radius 1 is 1.24 bits per heavy atom. The van der Waals surface area contributed by atoms with Gasteiger partial charge in [0.25, 0.3) is 0 Å². The van der Waals surface area contributed by atoms with Crippen LogP contribution in [-0.4, -0.2) is 26.7 Å². The number of para-hydroxylation sites is 1. The van der Waals surface area contributed by atoms with Crippen molar-refractivity contribution in [2.45, 2.75) is 18.8 Å². The van der Waals surface area contributed by atoms with Gasteiger partial charge in [-0.3, -0.25) is 0 Å². The maximum absolute atomic E-state index is 5.45. The summed E-state index contributed by atoms with van der Waals surface area (Å²) in [6.45, 7) is 3.41. The summed E-state index contributed by atoms with van der Waals surface area (Å²) in [4.78, 5) is 0. The maximum atomic E-state index is 5.45. The van der Waals surface area contributed by atoms with Gasteiger partial charge in [-0.25, -0.2) is 0 Å². The fourth-order valence-corrected chi connectivity index (χ4v) is 3.23. The topological polar surface area (TPSA) is 33.3 Å². The molecular formula is C14H20N2O. The van der Waals surface area contributed by atoms with E-state index in [1.807, 2.05) is 6.07 Å². The van der Waals surface area contributed by atoms with Gasteiger partial charge in [0.15, 0.2) is 0 Å². The van der Waals surface area contributed by atoms with E-state index >= 15 is 0 Å². The molecule has 1 aromatic rings. The number of hydrogen-bond donors (Lipinski definition) is 2. The highest BCUT2D eigenvalue weighted by Crippen LogP contribution is 2.42. The quantitative estimate of drug-likeness (QED) is 0.820. The van der Waals surface area contributed by atoms with Gasteiger partial charge in [0, 0.05) is 6.54 Å². The minimum atomic E-state index is 0.691. The first-order chi connectivity index (χ1) is 8.40. The van der Waals surface area contributed by atoms with Crippen LogP contribution >= 0.6 is 0 Å². The van der Waals surface area contributed by atoms with Crippen molar-refractivity contribution in [3.05, 3.63) is 23.8 Å². The number of rotatable bonds is 2. The molecule has 1 fully saturated rings. The summed E-state index contributed by atoms with van der Waals surface area (Å²) < 4.78 is 5.45. The summed E-state index contributed by atoms with van der Waals surface area (Å²) >= 11 is 0. The molecule has 0 aliphatic carbocycles. The maximum Gasteiger partial charge on any atom is 0.142 e. The van der Waals surface area contributed by atoms with E-state index in [1.165, 1.54) is 37.2 Å². The van der Waals surface area contributed by atoms with E-state index in [-0.39, 0.29) is 0 Å². The third kappa shape index (κ3) is 1.89. The molecule has 0 spiro atoms. The zero-order valence-electron chi connectivity index (χ0n) is 10.3. The van der Waals surface area contributed by atoms with Gasteiger partial charge in [0.05, 0.1) is 12.8 Å². The van der Waals surface area contributed by atoms with Gasteiger partial charge in [-0.2, -0.15) is 0 Å². The number of methoxy groups -OCH3 is 1. The Bertz CT molecular complexity index is 399. The van der Waals surface area contributed by atoms with Crippen LogP contribution in [0.15, 0.2) is 18.2 Å². The van der Waals surface area contributed by atoms with Gasteiger partial charge < -0.3 is 15.4 Å². The number of hydrogen-bond acceptors (Lipinski definition) is 3. The van der Waals surface area contributed by atoms with Crippen molar-refractivity contribution in [3.63, 3.8) is 0 Å². The molecule has 0 radical (unpaired) electrons. The molecule has 92 valence electrons. The van der Waals surface area contributed by atoms with Crippen LogP contribution in [0.4, 0.5) is 5.69 Å². The van der Waals surface area contributed by atoms with Crippen LogP contribution < -0.4 is 15.4 Å². The Hall–Kier alpha value is -1.22. The normalized spacial score (nSPS) is 27.4. The number of nitrogens with one attached hydrogen (secondary N) is 2. The second-order valence-corrected chi connectivity index (χ2v) is 5.00. The number of fused-ring (bicyclic) bond motifs is 1. The zero-order chi connectivity index (χ0) is 11.7. The predicted molar refractivity (Wildman–Crippen MR) is 69.8 cm³/mol. The summed E-state index contributed by atoms with van der Waals surface area (Å²) in [5.74, 6) is 2.47. The lowest BCUT2D eigenvalue weighted by atomic mass is 9.80. The minimum Gasteiger partial charge on any atom is -0.495 e. The number of anilines is 1. The standard InChI is InChI=1S/C14H20N2O/c1-17-13-4-2-3-12-11(6-8-16-14(12)13)10-5-7-15-9-10/h2-4,10-11,15-16H,5-9H2,1H3. The first kappa shape index (κ1) is 10.9. The molecule has 0 bridgehead atoms. The summed E-state index contributed by atoms with van der Waals surface area (Å²) in [6.07, 6.45) is 2.55. The van der Waals surface area contributed by atoms with Gasteiger partial charge in [0.1, 0.15) is 5.75 Å². The van der Waals surface area contributed by atoms with E-state index in [2.05, 4.69) is 22.8 Å². The molecule has 2 aliphatic rings. The molecule has 1 saturated heterocycles. The monoisotopic (exact) mass is 232 g/mol. The SMILES string of the molecule is COc1cccc2c1NCCC2C1CCNC1. The fraction of sp³-hybridized carbons (Fsp3) is 0.571. The van der Waals surface area contributed by atoms with Gasteiger partial charge in [-0.05, 0) is 49.4 Å². The molecule has 3 heteroatoms. The van der Waals surface area contributed by atoms with E-state index in [4.69, 9.17) is 4.74 Å². The Kier molecular flexibility index (Phi) is 2.93. The molecule has 0 amide bonds. The van der Waals surface area contributed by atoms with Crippen molar-refractivity contribution in [3.8, 4) is 5.75 Å². The Labute approximate surface area is 103 Å². The van der Waals surface area contributed by atoms with Crippen molar-refractivity contribution >= 4 is 5.69 Å². The average molecular weight is 232 g/mol. The lowest BCUT2D eigenvalue weighted by Gasteiger charge is -2.31. The largest absolute Gasteiger partial charge is 0.495 e. The second-order valence-electron chi connectivity index (χ2n) is 5.00. The molecule has 0 aromatic heterocycles. The number of benzene rings is 1. The number of ether oxygens (including phenoxy) is 1. The van der Waals surface area contributed by atoms with E-state index < -0.39 is 0 Å². The van der Waals surface area contributed by atoms with Crippen LogP contribution in [0.1, 0.15) is 24.3 Å². The minimum absolute atomic E-state index is 0.691. The van der Waals surface area contributed by atoms with Crippen LogP contribution in [0.5, 0.6) is 5.75 Å². The molecular weight excluding hydrogens is 212 g/mol. The molecule has 0 saturated carbocycles. The Morgan fingerprint density at radius 2 is 2.18 bits per heavy atom. The Morgan fingerprint density at radius 3 is 2.94 bits per heavy atom. The Balaban J connectivity index is 1.95. The molecule has 2 N–H and O–H groups in total. The molecule has 1 aromatic carbocycles. The third-order valence-electron chi connectivity index (χ3n) is 4.10. The zero-order valence-corrected chi connectivity index (χ0v) is 10.3. The fourth-order valence-electron chi connectivity index (χ4n) is 3.23. The van der Waals surface area contributed by atoms with E-state index in [0.717, 1.165) is 18.2 Å². The average Bonchev–Trinajstić information content (AvgIpc) is 2.91.